The molecule has 72 valence electrons. The maximum atomic E-state index is 7.33. The number of aryl methyl sites for hydroxylation is 1. The van der Waals surface area contributed by atoms with Crippen LogP contribution in [0.2, 0.25) is 0 Å². The minimum absolute atomic E-state index is 0.0742. The molecule has 1 rings (SSSR count). The maximum Gasteiger partial charge on any atom is 0.122 e. The largest absolute Gasteiger partial charge is 0.497 e. The predicted octanol–water partition coefficient (Wildman–Crippen LogP) is 1.20. The molecule has 0 saturated carbocycles. The highest BCUT2D eigenvalue weighted by atomic mass is 16.5. The summed E-state index contributed by atoms with van der Waals surface area (Å²) in [7, 11) is -1.13. The molecule has 3 nitrogen and oxygen atoms in total. The maximum absolute atomic E-state index is 7.33. The SMILES string of the molecule is [2H]C([2H])(N)Cc1cc(OC)ccc1OC([2H])([2H])[2H]. The Labute approximate surface area is 85.5 Å². The fourth-order valence-electron chi connectivity index (χ4n) is 1.03. The van der Waals surface area contributed by atoms with Crippen molar-refractivity contribution >= 4 is 0 Å². The zero-order chi connectivity index (χ0) is 14.0. The van der Waals surface area contributed by atoms with E-state index in [0.717, 1.165) is 0 Å². The van der Waals surface area contributed by atoms with Gasteiger partial charge in [0.1, 0.15) is 11.5 Å². The molecule has 0 amide bonds. The van der Waals surface area contributed by atoms with Crippen molar-refractivity contribution in [2.45, 2.75) is 6.42 Å². The van der Waals surface area contributed by atoms with Crippen LogP contribution in [0, 0.1) is 0 Å². The first-order chi connectivity index (χ1) is 8.11. The van der Waals surface area contributed by atoms with Crippen LogP contribution in [-0.2, 0) is 6.42 Å². The average molecular weight is 186 g/mol. The quantitative estimate of drug-likeness (QED) is 0.768. The van der Waals surface area contributed by atoms with Gasteiger partial charge in [-0.2, -0.15) is 0 Å². The number of ether oxygens (including phenoxy) is 2. The van der Waals surface area contributed by atoms with Gasteiger partial charge in [0.15, 0.2) is 0 Å². The second-order valence-corrected chi connectivity index (χ2v) is 2.46. The van der Waals surface area contributed by atoms with Crippen LogP contribution in [0.15, 0.2) is 18.2 Å². The summed E-state index contributed by atoms with van der Waals surface area (Å²) in [6, 6.07) is 4.47. The molecule has 0 aliphatic rings. The molecule has 0 heterocycles. The van der Waals surface area contributed by atoms with Gasteiger partial charge in [0.25, 0.3) is 0 Å². The van der Waals surface area contributed by atoms with E-state index in [0.29, 0.717) is 11.3 Å². The van der Waals surface area contributed by atoms with Gasteiger partial charge in [0.05, 0.1) is 18.3 Å². The molecule has 0 bridgehead atoms. The van der Waals surface area contributed by atoms with Crippen LogP contribution in [-0.4, -0.2) is 20.6 Å². The van der Waals surface area contributed by atoms with Crippen LogP contribution in [0.3, 0.4) is 0 Å². The van der Waals surface area contributed by atoms with Gasteiger partial charge in [-0.3, -0.25) is 0 Å². The van der Waals surface area contributed by atoms with Gasteiger partial charge in [0.2, 0.25) is 0 Å². The van der Waals surface area contributed by atoms with E-state index in [1.54, 1.807) is 0 Å². The summed E-state index contributed by atoms with van der Waals surface area (Å²) >= 11 is 0. The summed E-state index contributed by atoms with van der Waals surface area (Å²) in [6.07, 6.45) is -0.171. The predicted molar refractivity (Wildman–Crippen MR) is 52.3 cm³/mol. The Morgan fingerprint density at radius 2 is 2.38 bits per heavy atom. The van der Waals surface area contributed by atoms with Gasteiger partial charge in [-0.15, -0.1) is 0 Å². The normalized spacial score (nSPS) is 17.5. The Hall–Kier alpha value is -1.22. The van der Waals surface area contributed by atoms with E-state index in [9.17, 15) is 0 Å². The molecule has 2 N–H and O–H groups in total. The lowest BCUT2D eigenvalue weighted by molar-refractivity contribution is 0.399. The van der Waals surface area contributed by atoms with Gasteiger partial charge in [-0.1, -0.05) is 0 Å². The molecule has 0 aliphatic heterocycles. The molecular weight excluding hydrogens is 166 g/mol. The Kier molecular flexibility index (Phi) is 1.77. The fourth-order valence-corrected chi connectivity index (χ4v) is 1.03. The van der Waals surface area contributed by atoms with Crippen molar-refractivity contribution in [3.05, 3.63) is 23.8 Å². The van der Waals surface area contributed by atoms with Crippen molar-refractivity contribution in [3.8, 4) is 11.5 Å². The molecule has 1 aromatic rings. The first kappa shape index (κ1) is 4.86. The Morgan fingerprint density at radius 1 is 1.54 bits per heavy atom. The van der Waals surface area contributed by atoms with Crippen molar-refractivity contribution in [2.75, 3.05) is 20.6 Å². The van der Waals surface area contributed by atoms with Crippen LogP contribution in [0.1, 0.15) is 12.4 Å². The van der Waals surface area contributed by atoms with E-state index in [4.69, 9.17) is 22.1 Å². The molecule has 1 aromatic carbocycles. The number of hydrogen-bond donors (Lipinski definition) is 1. The molecule has 3 heteroatoms. The van der Waals surface area contributed by atoms with Crippen molar-refractivity contribution in [1.29, 1.82) is 0 Å². The summed E-state index contributed by atoms with van der Waals surface area (Å²) in [5, 5.41) is 0. The lowest BCUT2D eigenvalue weighted by Gasteiger charge is -2.08. The van der Waals surface area contributed by atoms with E-state index >= 15 is 0 Å². The second-order valence-electron chi connectivity index (χ2n) is 2.46. The Balaban J connectivity index is 3.08. The number of nitrogens with two attached hydrogens (primary N) is 1. The van der Waals surface area contributed by atoms with Crippen LogP contribution in [0.4, 0.5) is 0 Å². The van der Waals surface area contributed by atoms with Crippen LogP contribution < -0.4 is 15.2 Å². The van der Waals surface area contributed by atoms with Gasteiger partial charge in [-0.25, -0.2) is 0 Å². The lowest BCUT2D eigenvalue weighted by atomic mass is 10.1. The Bertz CT molecular complexity index is 414. The molecular formula is C10H15NO2. The molecule has 0 unspecified atom stereocenters. The van der Waals surface area contributed by atoms with Gasteiger partial charge < -0.3 is 15.2 Å². The first-order valence-corrected chi connectivity index (χ1v) is 3.75. The summed E-state index contributed by atoms with van der Waals surface area (Å²) in [6.45, 7) is -1.96. The van der Waals surface area contributed by atoms with Crippen molar-refractivity contribution in [2.24, 2.45) is 5.73 Å². The summed E-state index contributed by atoms with van der Waals surface area (Å²) in [4.78, 5) is 0. The topological polar surface area (TPSA) is 44.5 Å². The van der Waals surface area contributed by atoms with Gasteiger partial charge in [0, 0.05) is 2.74 Å². The van der Waals surface area contributed by atoms with Crippen LogP contribution in [0.5, 0.6) is 11.5 Å². The number of hydrogen-bond acceptors (Lipinski definition) is 3. The highest BCUT2D eigenvalue weighted by molar-refractivity contribution is 5.40. The minimum atomic E-state index is -2.59. The minimum Gasteiger partial charge on any atom is -0.497 e. The van der Waals surface area contributed by atoms with E-state index in [2.05, 4.69) is 0 Å². The third-order valence-corrected chi connectivity index (χ3v) is 1.67. The van der Waals surface area contributed by atoms with Crippen molar-refractivity contribution in [1.82, 2.24) is 0 Å². The first-order valence-electron chi connectivity index (χ1n) is 6.25. The standard InChI is InChI=1S/C10H15NO2/c1-12-9-3-4-10(13-2)8(7-9)5-6-11/h3-4,7H,5-6,11H2,1-2H3/i2D3,6D2. The Morgan fingerprint density at radius 3 is 3.00 bits per heavy atom. The van der Waals surface area contributed by atoms with E-state index in [1.165, 1.54) is 25.3 Å². The second kappa shape index (κ2) is 4.72. The van der Waals surface area contributed by atoms with E-state index in [-0.39, 0.29) is 12.2 Å². The molecule has 0 aliphatic carbocycles. The average Bonchev–Trinajstić information content (AvgIpc) is 2.16. The van der Waals surface area contributed by atoms with Gasteiger partial charge in [-0.05, 0) is 36.7 Å². The highest BCUT2D eigenvalue weighted by Crippen LogP contribution is 2.23. The van der Waals surface area contributed by atoms with Crippen molar-refractivity contribution in [3.63, 3.8) is 0 Å². The molecule has 0 saturated heterocycles. The molecule has 0 atom stereocenters. The zero-order valence-electron chi connectivity index (χ0n) is 12.3. The van der Waals surface area contributed by atoms with Crippen LogP contribution >= 0.6 is 0 Å². The van der Waals surface area contributed by atoms with E-state index < -0.39 is 13.5 Å². The molecule has 0 fully saturated rings. The summed E-state index contributed by atoms with van der Waals surface area (Å²) in [5.74, 6) is 0.553. The zero-order valence-corrected chi connectivity index (χ0v) is 7.33. The number of benzene rings is 1. The van der Waals surface area contributed by atoms with Crippen molar-refractivity contribution < 1.29 is 16.3 Å². The number of methoxy groups -OCH3 is 2. The lowest BCUT2D eigenvalue weighted by Crippen LogP contribution is -2.04. The van der Waals surface area contributed by atoms with Gasteiger partial charge >= 0.3 is 0 Å². The molecule has 0 radical (unpaired) electrons. The summed E-state index contributed by atoms with van der Waals surface area (Å²) < 4.78 is 45.6. The van der Waals surface area contributed by atoms with E-state index in [1.807, 2.05) is 0 Å². The highest BCUT2D eigenvalue weighted by Gasteiger charge is 2.03. The fraction of sp³-hybridized carbons (Fsp3) is 0.400. The summed E-state index contributed by atoms with van der Waals surface area (Å²) in [5.41, 5.74) is 5.63. The molecule has 0 spiro atoms. The smallest absolute Gasteiger partial charge is 0.122 e. The third-order valence-electron chi connectivity index (χ3n) is 1.67. The monoisotopic (exact) mass is 186 g/mol. The number of rotatable bonds is 4. The molecule has 13 heavy (non-hydrogen) atoms. The third kappa shape index (κ3) is 2.36. The molecule has 0 aromatic heterocycles. The van der Waals surface area contributed by atoms with Crippen LogP contribution in [0.25, 0.3) is 0 Å².